The van der Waals surface area contributed by atoms with Crippen molar-refractivity contribution in [1.29, 1.82) is 0 Å². The second-order valence-electron chi connectivity index (χ2n) is 28.2. The van der Waals surface area contributed by atoms with Gasteiger partial charge in [0.1, 0.15) is 0 Å². The Balaban J connectivity index is 0.597. The number of hydrogen-bond donors (Lipinski definition) is 0. The summed E-state index contributed by atoms with van der Waals surface area (Å²) in [6, 6.07) is 134. The van der Waals surface area contributed by atoms with Crippen molar-refractivity contribution in [3.8, 4) is 113 Å². The van der Waals surface area contributed by atoms with E-state index in [1.54, 1.807) is 0 Å². The molecule has 16 aromatic carbocycles. The summed E-state index contributed by atoms with van der Waals surface area (Å²) in [6.45, 7) is 0. The molecule has 22 rings (SSSR count). The molecule has 0 spiro atoms. The number of rotatable bonds is 12. The lowest BCUT2D eigenvalue weighted by Crippen LogP contribution is -2.01. The van der Waals surface area contributed by atoms with Crippen LogP contribution in [0.2, 0.25) is 0 Å². The molecule has 6 aromatic heterocycles. The molecule has 0 aliphatic rings. The topological polar surface area (TPSA) is 97.1 Å². The predicted octanol–water partition coefficient (Wildman–Crippen LogP) is 24.9. The zero-order chi connectivity index (χ0) is 72.3. The minimum absolute atomic E-state index is 0.587. The first-order valence-electron chi connectivity index (χ1n) is 37.2. The Bertz CT molecular complexity index is 7410. The van der Waals surface area contributed by atoms with E-state index in [1.807, 2.05) is 36.4 Å². The Hall–Kier alpha value is -15.0. The molecule has 0 saturated carbocycles. The normalized spacial score (nSPS) is 11.8. The van der Waals surface area contributed by atoms with E-state index in [-0.39, 0.29) is 0 Å². The minimum atomic E-state index is 0.587. The molecule has 0 saturated heterocycles. The Kier molecular flexibility index (Phi) is 14.4. The molecule has 10 nitrogen and oxygen atoms in total. The number of para-hydroxylation sites is 5. The summed E-state index contributed by atoms with van der Waals surface area (Å²) in [5.41, 5.74) is 23.2. The van der Waals surface area contributed by atoms with Crippen molar-refractivity contribution >= 4 is 98.0 Å². The molecule has 0 unspecified atom stereocenters. The highest BCUT2D eigenvalue weighted by Crippen LogP contribution is 2.46. The highest BCUT2D eigenvalue weighted by Gasteiger charge is 2.25. The van der Waals surface area contributed by atoms with Gasteiger partial charge in [0.2, 0.25) is 0 Å². The monoisotopic (exact) mass is 1400 g/mol. The van der Waals surface area contributed by atoms with Crippen LogP contribution in [-0.2, 0) is 0 Å². The van der Waals surface area contributed by atoms with Crippen LogP contribution in [0.1, 0.15) is 0 Å². The van der Waals surface area contributed by atoms with E-state index in [0.29, 0.717) is 34.9 Å². The van der Waals surface area contributed by atoms with Gasteiger partial charge < -0.3 is 18.3 Å². The highest BCUT2D eigenvalue weighted by molar-refractivity contribution is 6.30. The van der Waals surface area contributed by atoms with E-state index in [0.717, 1.165) is 117 Å². The number of benzene rings is 16. The minimum Gasteiger partial charge on any atom is -0.309 e. The Morgan fingerprint density at radius 2 is 0.400 bits per heavy atom. The van der Waals surface area contributed by atoms with Gasteiger partial charge in [-0.1, -0.05) is 243 Å². The van der Waals surface area contributed by atoms with Crippen LogP contribution >= 0.6 is 0 Å². The largest absolute Gasteiger partial charge is 0.309 e. The summed E-state index contributed by atoms with van der Waals surface area (Å²) in [5.74, 6) is 3.64. The second-order valence-corrected chi connectivity index (χ2v) is 28.2. The number of aromatic nitrogens is 10. The van der Waals surface area contributed by atoms with Crippen molar-refractivity contribution in [2.45, 2.75) is 0 Å². The van der Waals surface area contributed by atoms with Crippen molar-refractivity contribution in [3.05, 3.63) is 376 Å². The quantitative estimate of drug-likeness (QED) is 0.121. The van der Waals surface area contributed by atoms with Crippen LogP contribution in [0.15, 0.2) is 376 Å². The summed E-state index contributed by atoms with van der Waals surface area (Å²) in [4.78, 5) is 31.2. The maximum absolute atomic E-state index is 5.31. The summed E-state index contributed by atoms with van der Waals surface area (Å²) in [6.07, 6.45) is 0. The molecule has 0 bridgehead atoms. The van der Waals surface area contributed by atoms with Gasteiger partial charge in [0.25, 0.3) is 0 Å². The van der Waals surface area contributed by atoms with Gasteiger partial charge in [-0.2, -0.15) is 0 Å². The van der Waals surface area contributed by atoms with Gasteiger partial charge >= 0.3 is 0 Å². The molecule has 0 amide bonds. The van der Waals surface area contributed by atoms with Gasteiger partial charge in [0.15, 0.2) is 34.9 Å². The first-order valence-corrected chi connectivity index (χ1v) is 37.2. The molecule has 0 aliphatic carbocycles. The Morgan fingerprint density at radius 3 is 0.809 bits per heavy atom. The Morgan fingerprint density at radius 1 is 0.145 bits per heavy atom. The van der Waals surface area contributed by atoms with Gasteiger partial charge in [-0.25, -0.2) is 29.9 Å². The number of nitrogens with zero attached hydrogens (tertiary/aromatic N) is 10. The van der Waals surface area contributed by atoms with E-state index >= 15 is 0 Å². The van der Waals surface area contributed by atoms with Crippen LogP contribution in [0.4, 0.5) is 0 Å². The van der Waals surface area contributed by atoms with Crippen molar-refractivity contribution < 1.29 is 0 Å². The standard InChI is InChI=1S/C100H62N10/c1-4-21-63(22-5-1)72-27-20-28-73(61-72)99-104-96(102-98(105-99)70-49-55-78(56-50-70)109-85-37-18-14-33-81(85)92-89(109)58-57-87-91(92)79-31-12-16-35-83(79)107(87)75-29-8-3-9-30-75)68-42-39-65(40-43-68)66-45-51-76(52-46-66)108-84-36-17-13-32-80(84)93-88(108)59-60-90-94(93)82-34-15-19-38-86(82)110(90)77-53-47-69(48-54-77)97-101-95(67-24-6-2-7-25-67)103-100(106-97)74-44-41-64-23-10-11-26-71(64)62-74/h1-62H. The van der Waals surface area contributed by atoms with Crippen LogP contribution in [0.3, 0.4) is 0 Å². The lowest BCUT2D eigenvalue weighted by atomic mass is 10.0. The van der Waals surface area contributed by atoms with E-state index < -0.39 is 0 Å². The van der Waals surface area contributed by atoms with Gasteiger partial charge in [0.05, 0.1) is 44.1 Å². The van der Waals surface area contributed by atoms with Crippen LogP contribution in [-0.4, -0.2) is 48.2 Å². The average Bonchev–Trinajstić information content (AvgIpc) is 1.55. The molecule has 110 heavy (non-hydrogen) atoms. The van der Waals surface area contributed by atoms with Crippen LogP contribution < -0.4 is 0 Å². The van der Waals surface area contributed by atoms with Crippen LogP contribution in [0, 0.1) is 0 Å². The van der Waals surface area contributed by atoms with E-state index in [2.05, 4.69) is 358 Å². The maximum atomic E-state index is 5.31. The summed E-state index contributed by atoms with van der Waals surface area (Å²) < 4.78 is 9.59. The fraction of sp³-hybridized carbons (Fsp3) is 0. The molecular formula is C100H62N10. The van der Waals surface area contributed by atoms with Gasteiger partial charge in [-0.15, -0.1) is 0 Å². The zero-order valence-corrected chi connectivity index (χ0v) is 59.3. The van der Waals surface area contributed by atoms with Crippen LogP contribution in [0.5, 0.6) is 0 Å². The molecule has 0 aliphatic heterocycles. The van der Waals surface area contributed by atoms with E-state index in [1.165, 1.54) is 59.5 Å². The van der Waals surface area contributed by atoms with Crippen molar-refractivity contribution in [2.24, 2.45) is 0 Å². The molecule has 512 valence electrons. The van der Waals surface area contributed by atoms with Gasteiger partial charge in [-0.05, 0) is 166 Å². The smallest absolute Gasteiger partial charge is 0.164 e. The molecular weight excluding hydrogens is 1340 g/mol. The molecule has 0 N–H and O–H groups in total. The third kappa shape index (κ3) is 10.3. The SMILES string of the molecule is c1ccc(-c2cccc(-c3nc(-c4ccc(-c5ccc(-n6c7ccccc7c7c8c9ccccc9n(-c9ccc(-c%10nc(-c%11ccccc%11)nc(-c%11ccc%12ccccc%12c%11)n%10)cc9)c8ccc76)cc5)cc4)nc(-c4ccc(-n5c6ccccc6c6c7c8ccccc8n(-c8ccccc8)c7ccc65)cc4)n3)c2)cc1. The highest BCUT2D eigenvalue weighted by atomic mass is 15.1. The van der Waals surface area contributed by atoms with Crippen molar-refractivity contribution in [1.82, 2.24) is 48.2 Å². The maximum Gasteiger partial charge on any atom is 0.164 e. The summed E-state index contributed by atoms with van der Waals surface area (Å²) in [5, 5.41) is 12.0. The zero-order valence-electron chi connectivity index (χ0n) is 59.3. The first kappa shape index (κ1) is 62.4. The van der Waals surface area contributed by atoms with E-state index in [9.17, 15) is 0 Å². The lowest BCUT2D eigenvalue weighted by molar-refractivity contribution is 1.07. The molecule has 0 fully saturated rings. The fourth-order valence-corrected chi connectivity index (χ4v) is 16.8. The predicted molar refractivity (Wildman–Crippen MR) is 452 cm³/mol. The molecule has 0 radical (unpaired) electrons. The summed E-state index contributed by atoms with van der Waals surface area (Å²) >= 11 is 0. The number of hydrogen-bond acceptors (Lipinski definition) is 6. The van der Waals surface area contributed by atoms with Crippen LogP contribution in [0.25, 0.3) is 211 Å². The van der Waals surface area contributed by atoms with Crippen molar-refractivity contribution in [2.75, 3.05) is 0 Å². The third-order valence-corrected chi connectivity index (χ3v) is 21.9. The Labute approximate surface area is 631 Å². The fourth-order valence-electron chi connectivity index (χ4n) is 16.8. The summed E-state index contributed by atoms with van der Waals surface area (Å²) in [7, 11) is 0. The van der Waals surface area contributed by atoms with E-state index in [4.69, 9.17) is 29.9 Å². The molecule has 10 heteroatoms. The molecule has 22 aromatic rings. The third-order valence-electron chi connectivity index (χ3n) is 21.9. The second kappa shape index (κ2) is 25.4. The first-order chi connectivity index (χ1) is 54.5. The molecule has 6 heterocycles. The van der Waals surface area contributed by atoms with Gasteiger partial charge in [-0.3, -0.25) is 0 Å². The van der Waals surface area contributed by atoms with Crippen molar-refractivity contribution in [3.63, 3.8) is 0 Å². The lowest BCUT2D eigenvalue weighted by Gasteiger charge is -2.12. The number of fused-ring (bicyclic) bond motifs is 15. The molecule has 0 atom stereocenters. The average molecular weight is 1400 g/mol. The van der Waals surface area contributed by atoms with Gasteiger partial charge in [0, 0.05) is 99.2 Å².